The first kappa shape index (κ1) is 20.2. The first-order valence-corrected chi connectivity index (χ1v) is 11.2. The zero-order valence-electron chi connectivity index (χ0n) is 19.0. The first-order chi connectivity index (χ1) is 16.6. The Bertz CT molecular complexity index is 1500. The highest BCUT2D eigenvalue weighted by atomic mass is 16.2. The minimum absolute atomic E-state index is 0.156. The van der Waals surface area contributed by atoms with Gasteiger partial charge in [-0.15, -0.1) is 5.10 Å². The maximum absolute atomic E-state index is 13.3. The Kier molecular flexibility index (Phi) is 4.65. The van der Waals surface area contributed by atoms with E-state index in [1.807, 2.05) is 59.5 Å². The molecule has 0 radical (unpaired) electrons. The molecule has 0 fully saturated rings. The van der Waals surface area contributed by atoms with E-state index >= 15 is 0 Å². The summed E-state index contributed by atoms with van der Waals surface area (Å²) >= 11 is 0. The number of para-hydroxylation sites is 1. The molecule has 0 atom stereocenters. The Labute approximate surface area is 196 Å². The molecule has 1 aliphatic heterocycles. The summed E-state index contributed by atoms with van der Waals surface area (Å²) in [6.45, 7) is 5.08. The number of hydrogen-bond donors (Lipinski definition) is 0. The van der Waals surface area contributed by atoms with Gasteiger partial charge in [-0.3, -0.25) is 4.79 Å². The maximum Gasteiger partial charge on any atom is 0.276 e. The van der Waals surface area contributed by atoms with Crippen LogP contribution in [0.1, 0.15) is 32.9 Å². The number of benzene rings is 2. The maximum atomic E-state index is 13.3. The number of carbonyl (C=O) groups excluding carboxylic acids is 1. The van der Waals surface area contributed by atoms with Crippen LogP contribution in [0.15, 0.2) is 79.3 Å². The van der Waals surface area contributed by atoms with E-state index < -0.39 is 0 Å². The van der Waals surface area contributed by atoms with Crippen LogP contribution in [0, 0.1) is 13.8 Å². The van der Waals surface area contributed by atoms with Gasteiger partial charge >= 0.3 is 0 Å². The zero-order chi connectivity index (χ0) is 23.2. The van der Waals surface area contributed by atoms with Crippen molar-refractivity contribution in [1.29, 1.82) is 0 Å². The molecule has 8 heteroatoms. The van der Waals surface area contributed by atoms with E-state index in [-0.39, 0.29) is 5.91 Å². The summed E-state index contributed by atoms with van der Waals surface area (Å²) in [4.78, 5) is 16.5. The summed E-state index contributed by atoms with van der Waals surface area (Å²) in [5.41, 5.74) is 6.47. The largest absolute Gasteiger partial charge is 0.327 e. The van der Waals surface area contributed by atoms with Gasteiger partial charge in [-0.25, -0.2) is 4.68 Å². The fourth-order valence-electron chi connectivity index (χ4n) is 4.51. The predicted molar refractivity (Wildman–Crippen MR) is 127 cm³/mol. The summed E-state index contributed by atoms with van der Waals surface area (Å²) in [7, 11) is 0. The molecule has 0 spiro atoms. The summed E-state index contributed by atoms with van der Waals surface area (Å²) in [5.74, 6) is 0.798. The van der Waals surface area contributed by atoms with E-state index in [1.165, 1.54) is 16.6 Å². The number of aryl methyl sites for hydroxylation is 2. The van der Waals surface area contributed by atoms with E-state index in [4.69, 9.17) is 5.10 Å². The first-order valence-electron chi connectivity index (χ1n) is 11.2. The van der Waals surface area contributed by atoms with Crippen molar-refractivity contribution in [3.8, 4) is 17.2 Å². The molecule has 8 nitrogen and oxygen atoms in total. The molecule has 0 aliphatic carbocycles. The summed E-state index contributed by atoms with van der Waals surface area (Å²) < 4.78 is 4.05. The fourth-order valence-corrected chi connectivity index (χ4v) is 4.51. The van der Waals surface area contributed by atoms with Gasteiger partial charge in [0, 0.05) is 18.0 Å². The van der Waals surface area contributed by atoms with Gasteiger partial charge in [-0.1, -0.05) is 35.9 Å². The van der Waals surface area contributed by atoms with Gasteiger partial charge in [0.2, 0.25) is 0 Å². The second-order valence-electron chi connectivity index (χ2n) is 8.56. The van der Waals surface area contributed by atoms with Crippen molar-refractivity contribution in [1.82, 2.24) is 34.2 Å². The molecule has 0 unspecified atom stereocenters. The van der Waals surface area contributed by atoms with Crippen molar-refractivity contribution in [2.75, 3.05) is 0 Å². The van der Waals surface area contributed by atoms with Crippen LogP contribution in [0.3, 0.4) is 0 Å². The van der Waals surface area contributed by atoms with E-state index in [9.17, 15) is 4.79 Å². The number of aromatic nitrogens is 6. The van der Waals surface area contributed by atoms with Gasteiger partial charge in [-0.05, 0) is 49.7 Å². The molecule has 0 saturated carbocycles. The number of nitrogens with zero attached hydrogens (tertiary/aromatic N) is 7. The number of carbonyl (C=O) groups is 1. The molecule has 2 aromatic carbocycles. The molecule has 0 N–H and O–H groups in total. The van der Waals surface area contributed by atoms with Crippen LogP contribution in [-0.2, 0) is 13.1 Å². The second kappa shape index (κ2) is 7.84. The minimum atomic E-state index is -0.156. The number of amides is 1. The van der Waals surface area contributed by atoms with Gasteiger partial charge in [0.25, 0.3) is 5.91 Å². The van der Waals surface area contributed by atoms with Crippen molar-refractivity contribution in [2.24, 2.45) is 0 Å². The predicted octanol–water partition coefficient (Wildman–Crippen LogP) is 4.02. The number of rotatable bonds is 4. The van der Waals surface area contributed by atoms with Crippen molar-refractivity contribution in [2.45, 2.75) is 26.9 Å². The standard InChI is InChI=1S/C26H23N7O/c1-18-10-11-24(19(2)14-18)32-25(30-12-6-7-13-30)21-16-31(17-23(21)28-32)26(34)22-15-27-33(29-22)20-8-4-3-5-9-20/h3-15H,16-17H2,1-2H3. The monoisotopic (exact) mass is 449 g/mol. The van der Waals surface area contributed by atoms with Crippen molar-refractivity contribution < 1.29 is 4.79 Å². The van der Waals surface area contributed by atoms with Crippen LogP contribution < -0.4 is 0 Å². The highest BCUT2D eigenvalue weighted by Crippen LogP contribution is 2.32. The highest BCUT2D eigenvalue weighted by molar-refractivity contribution is 5.92. The van der Waals surface area contributed by atoms with Crippen LogP contribution >= 0.6 is 0 Å². The topological polar surface area (TPSA) is 73.8 Å². The van der Waals surface area contributed by atoms with Crippen LogP contribution in [0.5, 0.6) is 0 Å². The Morgan fingerprint density at radius 2 is 1.71 bits per heavy atom. The molecular formula is C26H23N7O. The van der Waals surface area contributed by atoms with Crippen LogP contribution in [0.4, 0.5) is 0 Å². The molecule has 168 valence electrons. The minimum Gasteiger partial charge on any atom is -0.327 e. The molecule has 0 bridgehead atoms. The normalized spacial score (nSPS) is 12.8. The van der Waals surface area contributed by atoms with E-state index in [2.05, 4.69) is 46.8 Å². The van der Waals surface area contributed by atoms with Crippen LogP contribution in [0.25, 0.3) is 17.2 Å². The lowest BCUT2D eigenvalue weighted by Crippen LogP contribution is -2.27. The smallest absolute Gasteiger partial charge is 0.276 e. The lowest BCUT2D eigenvalue weighted by atomic mass is 10.1. The molecule has 1 aliphatic rings. The molecular weight excluding hydrogens is 426 g/mol. The molecule has 34 heavy (non-hydrogen) atoms. The van der Waals surface area contributed by atoms with Gasteiger partial charge in [0.05, 0.1) is 36.4 Å². The Morgan fingerprint density at radius 1 is 0.912 bits per heavy atom. The molecule has 6 rings (SSSR count). The molecule has 5 aromatic rings. The Morgan fingerprint density at radius 3 is 2.47 bits per heavy atom. The van der Waals surface area contributed by atoms with Crippen LogP contribution in [-0.4, -0.2) is 40.1 Å². The third-order valence-electron chi connectivity index (χ3n) is 6.14. The average Bonchev–Trinajstić information content (AvgIpc) is 3.63. The molecule has 4 heterocycles. The number of fused-ring (bicyclic) bond motifs is 1. The van der Waals surface area contributed by atoms with Crippen molar-refractivity contribution in [3.05, 3.63) is 107 Å². The van der Waals surface area contributed by atoms with Gasteiger partial charge in [0.15, 0.2) is 5.69 Å². The van der Waals surface area contributed by atoms with Crippen molar-refractivity contribution in [3.63, 3.8) is 0 Å². The van der Waals surface area contributed by atoms with Gasteiger partial charge < -0.3 is 9.47 Å². The molecule has 1 amide bonds. The SMILES string of the molecule is Cc1ccc(-n2nc3c(c2-n2cccc2)CN(C(=O)c2cnn(-c4ccccc4)n2)C3)c(C)c1. The fraction of sp³-hybridized carbons (Fsp3) is 0.154. The van der Waals surface area contributed by atoms with E-state index in [0.717, 1.165) is 34.0 Å². The Balaban J connectivity index is 1.34. The highest BCUT2D eigenvalue weighted by Gasteiger charge is 2.33. The number of hydrogen-bond acceptors (Lipinski definition) is 4. The quantitative estimate of drug-likeness (QED) is 0.415. The summed E-state index contributed by atoms with van der Waals surface area (Å²) in [6, 6.07) is 19.9. The van der Waals surface area contributed by atoms with Crippen LogP contribution in [0.2, 0.25) is 0 Å². The Hall–Kier alpha value is -4.46. The average molecular weight is 450 g/mol. The third-order valence-corrected chi connectivity index (χ3v) is 6.14. The molecule has 3 aromatic heterocycles. The second-order valence-corrected chi connectivity index (χ2v) is 8.56. The summed E-state index contributed by atoms with van der Waals surface area (Å²) in [5, 5.41) is 13.6. The third kappa shape index (κ3) is 3.31. The van der Waals surface area contributed by atoms with E-state index in [1.54, 1.807) is 4.90 Å². The van der Waals surface area contributed by atoms with Crippen molar-refractivity contribution >= 4 is 5.91 Å². The van der Waals surface area contributed by atoms with Gasteiger partial charge in [-0.2, -0.15) is 15.0 Å². The summed E-state index contributed by atoms with van der Waals surface area (Å²) in [6.07, 6.45) is 5.54. The van der Waals surface area contributed by atoms with Gasteiger partial charge in [0.1, 0.15) is 5.82 Å². The lowest BCUT2D eigenvalue weighted by molar-refractivity contribution is 0.0742. The zero-order valence-corrected chi connectivity index (χ0v) is 19.0. The van der Waals surface area contributed by atoms with E-state index in [0.29, 0.717) is 18.8 Å². The molecule has 0 saturated heterocycles. The lowest BCUT2D eigenvalue weighted by Gasteiger charge is -2.17.